The van der Waals surface area contributed by atoms with Gasteiger partial charge in [-0.3, -0.25) is 19.0 Å². The molecule has 2 aliphatic rings. The molecule has 0 bridgehead atoms. The number of fused-ring (bicyclic) bond motifs is 2. The number of anilines is 1. The molecule has 0 unspecified atom stereocenters. The highest BCUT2D eigenvalue weighted by molar-refractivity contribution is 7.99. The van der Waals surface area contributed by atoms with Gasteiger partial charge in [-0.2, -0.15) is 11.8 Å². The first-order valence-corrected chi connectivity index (χ1v) is 13.8. The van der Waals surface area contributed by atoms with Crippen LogP contribution in [0.4, 0.5) is 5.69 Å². The molecule has 1 aromatic carbocycles. The highest BCUT2D eigenvalue weighted by Crippen LogP contribution is 2.29. The number of carbonyl (C=O) groups excluding carboxylic acids is 2. The van der Waals surface area contributed by atoms with Gasteiger partial charge in [0.25, 0.3) is 11.5 Å². The molecule has 0 spiro atoms. The summed E-state index contributed by atoms with van der Waals surface area (Å²) in [6, 6.07) is 7.42. The summed E-state index contributed by atoms with van der Waals surface area (Å²) in [6.45, 7) is 4.15. The number of aryl methyl sites for hydroxylation is 2. The first-order chi connectivity index (χ1) is 16.5. The average Bonchev–Trinajstić information content (AvgIpc) is 3.01. The molecule has 3 aromatic rings. The van der Waals surface area contributed by atoms with Gasteiger partial charge < -0.3 is 10.2 Å². The first-order valence-electron chi connectivity index (χ1n) is 11.8. The predicted octanol–water partition coefficient (Wildman–Crippen LogP) is 3.86. The van der Waals surface area contributed by atoms with Crippen molar-refractivity contribution in [1.82, 2.24) is 14.5 Å². The number of nitrogens with one attached hydrogen (secondary N) is 1. The third-order valence-electron chi connectivity index (χ3n) is 6.55. The third kappa shape index (κ3) is 4.63. The van der Waals surface area contributed by atoms with E-state index in [0.717, 1.165) is 61.7 Å². The van der Waals surface area contributed by atoms with Crippen LogP contribution < -0.4 is 10.9 Å². The molecule has 34 heavy (non-hydrogen) atoms. The van der Waals surface area contributed by atoms with E-state index >= 15 is 0 Å². The van der Waals surface area contributed by atoms with Crippen LogP contribution in [-0.2, 0) is 24.2 Å². The molecule has 7 nitrogen and oxygen atoms in total. The second kappa shape index (κ2) is 9.92. The van der Waals surface area contributed by atoms with Gasteiger partial charge in [0.05, 0.1) is 16.7 Å². The summed E-state index contributed by atoms with van der Waals surface area (Å²) in [7, 11) is 0. The number of carbonyl (C=O) groups is 2. The highest BCUT2D eigenvalue weighted by Gasteiger charge is 2.22. The van der Waals surface area contributed by atoms with E-state index in [-0.39, 0.29) is 17.4 Å². The Bertz CT molecular complexity index is 1290. The summed E-state index contributed by atoms with van der Waals surface area (Å²) >= 11 is 3.17. The lowest BCUT2D eigenvalue weighted by Crippen LogP contribution is -2.38. The van der Waals surface area contributed by atoms with Gasteiger partial charge >= 0.3 is 0 Å². The lowest BCUT2D eigenvalue weighted by molar-refractivity contribution is -0.130. The van der Waals surface area contributed by atoms with Crippen molar-refractivity contribution < 1.29 is 9.59 Å². The van der Waals surface area contributed by atoms with E-state index in [4.69, 9.17) is 4.98 Å². The lowest BCUT2D eigenvalue weighted by Gasteiger charge is -2.26. The topological polar surface area (TPSA) is 84.3 Å². The van der Waals surface area contributed by atoms with Crippen LogP contribution in [0.25, 0.3) is 10.2 Å². The van der Waals surface area contributed by atoms with Crippen molar-refractivity contribution >= 4 is 50.8 Å². The van der Waals surface area contributed by atoms with Crippen LogP contribution in [0.5, 0.6) is 0 Å². The van der Waals surface area contributed by atoms with Crippen molar-refractivity contribution in [2.75, 3.05) is 29.9 Å². The number of hydrogen-bond acceptors (Lipinski definition) is 6. The predicted molar refractivity (Wildman–Crippen MR) is 138 cm³/mol. The van der Waals surface area contributed by atoms with Crippen molar-refractivity contribution in [1.29, 1.82) is 0 Å². The van der Waals surface area contributed by atoms with Crippen LogP contribution in [0.2, 0.25) is 0 Å². The normalized spacial score (nSPS) is 16.2. The Labute approximate surface area is 206 Å². The molecule has 0 radical (unpaired) electrons. The van der Waals surface area contributed by atoms with Crippen LogP contribution in [0.3, 0.4) is 0 Å². The Morgan fingerprint density at radius 2 is 1.82 bits per heavy atom. The smallest absolute Gasteiger partial charge is 0.266 e. The second-order valence-corrected chi connectivity index (χ2v) is 11.1. The molecule has 0 aliphatic carbocycles. The number of benzene rings is 1. The van der Waals surface area contributed by atoms with Crippen LogP contribution in [0.15, 0.2) is 29.1 Å². The zero-order valence-electron chi connectivity index (χ0n) is 19.3. The summed E-state index contributed by atoms with van der Waals surface area (Å²) in [5.41, 5.74) is 2.25. The largest absolute Gasteiger partial charge is 0.341 e. The van der Waals surface area contributed by atoms with Crippen molar-refractivity contribution in [2.45, 2.75) is 45.6 Å². The van der Waals surface area contributed by atoms with Gasteiger partial charge in [0.2, 0.25) is 5.91 Å². The third-order valence-corrected chi connectivity index (χ3v) is 8.68. The first kappa shape index (κ1) is 23.1. The lowest BCUT2D eigenvalue weighted by atomic mass is 10.1. The highest BCUT2D eigenvalue weighted by atomic mass is 32.2. The molecule has 2 aliphatic heterocycles. The quantitative estimate of drug-likeness (QED) is 0.593. The summed E-state index contributed by atoms with van der Waals surface area (Å²) < 4.78 is 1.79. The molecule has 1 saturated heterocycles. The Balaban J connectivity index is 1.31. The zero-order valence-corrected chi connectivity index (χ0v) is 20.9. The molecule has 1 fully saturated rings. The van der Waals surface area contributed by atoms with Crippen LogP contribution in [0, 0.1) is 6.92 Å². The molecule has 9 heteroatoms. The molecular formula is C25H28N4O3S2. The van der Waals surface area contributed by atoms with Crippen molar-refractivity contribution in [2.24, 2.45) is 0 Å². The molecule has 1 N–H and O–H groups in total. The molecule has 0 atom stereocenters. The minimum absolute atomic E-state index is 0.0315. The van der Waals surface area contributed by atoms with Crippen LogP contribution >= 0.6 is 23.1 Å². The number of hydrogen-bond donors (Lipinski definition) is 1. The zero-order chi connectivity index (χ0) is 23.7. The van der Waals surface area contributed by atoms with Gasteiger partial charge in [-0.25, -0.2) is 4.98 Å². The number of thiophene rings is 1. The standard InChI is InChI=1S/C25H28N4O3S2/c1-16-21-24(27-19-5-3-2-4-10-29(19)25(21)32)34-22(16)23(31)26-18-8-6-17(7-9-18)15-20(30)28-11-13-33-14-12-28/h6-9H,2-5,10-15H2,1H3,(H,26,31). The fraction of sp³-hybridized carbons (Fsp3) is 0.440. The summed E-state index contributed by atoms with van der Waals surface area (Å²) in [5.74, 6) is 2.73. The minimum atomic E-state index is -0.241. The van der Waals surface area contributed by atoms with Gasteiger partial charge in [-0.1, -0.05) is 18.6 Å². The maximum atomic E-state index is 13.1. The van der Waals surface area contributed by atoms with E-state index in [1.807, 2.05) is 47.9 Å². The molecule has 178 valence electrons. The van der Waals surface area contributed by atoms with Crippen molar-refractivity contribution in [3.05, 3.63) is 56.4 Å². The molecule has 5 rings (SSSR count). The van der Waals surface area contributed by atoms with E-state index in [1.165, 1.54) is 11.3 Å². The molecule has 2 aromatic heterocycles. The number of aromatic nitrogens is 2. The number of thioether (sulfide) groups is 1. The number of rotatable bonds is 4. The number of amides is 2. The van der Waals surface area contributed by atoms with Crippen LogP contribution in [0.1, 0.15) is 45.9 Å². The van der Waals surface area contributed by atoms with Gasteiger partial charge in [0.1, 0.15) is 10.7 Å². The van der Waals surface area contributed by atoms with E-state index in [0.29, 0.717) is 39.3 Å². The van der Waals surface area contributed by atoms with E-state index in [2.05, 4.69) is 5.32 Å². The van der Waals surface area contributed by atoms with Crippen LogP contribution in [-0.4, -0.2) is 50.9 Å². The average molecular weight is 497 g/mol. The molecular weight excluding hydrogens is 468 g/mol. The van der Waals surface area contributed by atoms with E-state index < -0.39 is 0 Å². The summed E-state index contributed by atoms with van der Waals surface area (Å²) in [4.78, 5) is 46.5. The Kier molecular flexibility index (Phi) is 6.74. The van der Waals surface area contributed by atoms with E-state index in [1.54, 1.807) is 4.57 Å². The summed E-state index contributed by atoms with van der Waals surface area (Å²) in [5, 5.41) is 3.50. The fourth-order valence-corrected chi connectivity index (χ4v) is 6.61. The Morgan fingerprint density at radius 3 is 2.59 bits per heavy atom. The van der Waals surface area contributed by atoms with Crippen molar-refractivity contribution in [3.8, 4) is 0 Å². The maximum Gasteiger partial charge on any atom is 0.266 e. The monoisotopic (exact) mass is 496 g/mol. The Morgan fingerprint density at radius 1 is 1.06 bits per heavy atom. The summed E-state index contributed by atoms with van der Waals surface area (Å²) in [6.07, 6.45) is 4.29. The fourth-order valence-electron chi connectivity index (χ4n) is 4.62. The van der Waals surface area contributed by atoms with Gasteiger partial charge in [-0.15, -0.1) is 11.3 Å². The van der Waals surface area contributed by atoms with Gasteiger partial charge in [0.15, 0.2) is 0 Å². The minimum Gasteiger partial charge on any atom is -0.341 e. The number of nitrogens with zero attached hydrogens (tertiary/aromatic N) is 3. The molecule has 2 amide bonds. The van der Waals surface area contributed by atoms with E-state index in [9.17, 15) is 14.4 Å². The van der Waals surface area contributed by atoms with Gasteiger partial charge in [-0.05, 0) is 43.0 Å². The maximum absolute atomic E-state index is 13.1. The van der Waals surface area contributed by atoms with Crippen molar-refractivity contribution in [3.63, 3.8) is 0 Å². The SMILES string of the molecule is Cc1c(C(=O)Nc2ccc(CC(=O)N3CCSCC3)cc2)sc2nc3n(c(=O)c12)CCCCC3. The van der Waals surface area contributed by atoms with Gasteiger partial charge in [0, 0.05) is 43.2 Å². The second-order valence-electron chi connectivity index (χ2n) is 8.85. The molecule has 4 heterocycles. The Hall–Kier alpha value is -2.65. The molecule has 0 saturated carbocycles.